The Hall–Kier alpha value is -2.31. The van der Waals surface area contributed by atoms with Crippen LogP contribution in [0.1, 0.15) is 46.6 Å². The van der Waals surface area contributed by atoms with E-state index in [2.05, 4.69) is 19.9 Å². The summed E-state index contributed by atoms with van der Waals surface area (Å²) in [6.45, 7) is 10.2. The number of benzene rings is 2. The highest BCUT2D eigenvalue weighted by Crippen LogP contribution is 2.24. The number of hydrogen-bond acceptors (Lipinski definition) is 3. The summed E-state index contributed by atoms with van der Waals surface area (Å²) in [5.41, 5.74) is 2.71. The average molecular weight is 339 g/mol. The summed E-state index contributed by atoms with van der Waals surface area (Å²) in [5.74, 6) is 0.866. The first-order chi connectivity index (χ1) is 11.8. The van der Waals surface area contributed by atoms with E-state index in [0.717, 1.165) is 23.3 Å². The van der Waals surface area contributed by atoms with Gasteiger partial charge in [0.05, 0.1) is 17.7 Å². The van der Waals surface area contributed by atoms with Gasteiger partial charge in [-0.25, -0.2) is 0 Å². The molecule has 3 heteroatoms. The molecule has 0 saturated carbocycles. The molecule has 0 aliphatic heterocycles. The van der Waals surface area contributed by atoms with Gasteiger partial charge in [-0.05, 0) is 69.5 Å². The highest BCUT2D eigenvalue weighted by molar-refractivity contribution is 5.64. The molecule has 0 aliphatic carbocycles. The van der Waals surface area contributed by atoms with E-state index in [4.69, 9.17) is 14.7 Å². The van der Waals surface area contributed by atoms with Crippen molar-refractivity contribution in [1.82, 2.24) is 0 Å². The van der Waals surface area contributed by atoms with Crippen molar-refractivity contribution in [3.63, 3.8) is 0 Å². The topological polar surface area (TPSA) is 42.2 Å². The highest BCUT2D eigenvalue weighted by atomic mass is 16.5. The average Bonchev–Trinajstić information content (AvgIpc) is 2.61. The van der Waals surface area contributed by atoms with Gasteiger partial charge in [0.15, 0.2) is 0 Å². The van der Waals surface area contributed by atoms with Crippen LogP contribution in [0.2, 0.25) is 0 Å². The summed E-state index contributed by atoms with van der Waals surface area (Å²) < 4.78 is 10.7. The van der Waals surface area contributed by atoms with Crippen molar-refractivity contribution in [3.05, 3.63) is 54.1 Å². The molecule has 0 bridgehead atoms. The van der Waals surface area contributed by atoms with Crippen molar-refractivity contribution in [3.8, 4) is 22.9 Å². The molecule has 1 unspecified atom stereocenters. The summed E-state index contributed by atoms with van der Waals surface area (Å²) in [5, 5.41) is 8.78. The molecule has 134 valence electrons. The van der Waals surface area contributed by atoms with Gasteiger partial charge in [-0.2, -0.15) is 5.26 Å². The fourth-order valence-corrected chi connectivity index (χ4v) is 1.97. The van der Waals surface area contributed by atoms with Crippen LogP contribution >= 0.6 is 0 Å². The molecule has 0 N–H and O–H groups in total. The molecule has 3 nitrogen and oxygen atoms in total. The molecule has 2 aromatic carbocycles. The zero-order valence-corrected chi connectivity index (χ0v) is 16.2. The summed E-state index contributed by atoms with van der Waals surface area (Å²) in [6.07, 6.45) is 1.54. The second-order valence-electron chi connectivity index (χ2n) is 6.88. The van der Waals surface area contributed by atoms with E-state index in [9.17, 15) is 0 Å². The smallest absolute Gasteiger partial charge is 0.120 e. The molecule has 2 aromatic rings. The Bertz CT molecular complexity index is 657. The zero-order valence-electron chi connectivity index (χ0n) is 16.2. The zero-order chi connectivity index (χ0) is 18.9. The molecule has 0 heterocycles. The van der Waals surface area contributed by atoms with Gasteiger partial charge in [-0.3, -0.25) is 0 Å². The van der Waals surface area contributed by atoms with Crippen molar-refractivity contribution in [2.45, 2.75) is 52.7 Å². The van der Waals surface area contributed by atoms with Crippen LogP contribution in [0.15, 0.2) is 48.5 Å². The third-order valence-corrected chi connectivity index (χ3v) is 3.60. The van der Waals surface area contributed by atoms with Crippen molar-refractivity contribution >= 4 is 0 Å². The van der Waals surface area contributed by atoms with Crippen molar-refractivity contribution in [2.75, 3.05) is 7.11 Å². The largest absolute Gasteiger partial charge is 0.488 e. The fraction of sp³-hybridized carbons (Fsp3) is 0.409. The quantitative estimate of drug-likeness (QED) is 0.703. The third kappa shape index (κ3) is 7.87. The molecule has 0 amide bonds. The Morgan fingerprint density at radius 2 is 1.44 bits per heavy atom. The lowest BCUT2D eigenvalue weighted by atomic mass is 10.0. The van der Waals surface area contributed by atoms with Crippen molar-refractivity contribution < 1.29 is 9.47 Å². The van der Waals surface area contributed by atoms with Crippen LogP contribution in [0.5, 0.6) is 5.75 Å². The molecule has 1 atom stereocenters. The minimum atomic E-state index is -0.185. The Kier molecular flexibility index (Phi) is 8.18. The lowest BCUT2D eigenvalue weighted by Gasteiger charge is -2.21. The van der Waals surface area contributed by atoms with Gasteiger partial charge in [-0.1, -0.05) is 31.2 Å². The number of ether oxygens (including phenoxy) is 2. The maximum absolute atomic E-state index is 8.78. The van der Waals surface area contributed by atoms with E-state index in [1.165, 1.54) is 0 Å². The molecule has 0 aromatic heterocycles. The van der Waals surface area contributed by atoms with Gasteiger partial charge >= 0.3 is 0 Å². The predicted octanol–water partition coefficient (Wildman–Crippen LogP) is 5.83. The SMILES string of the molecule is CC(C)(C)Oc1ccc(-c2ccc(C#N)cc2)cc1.CCC(C)OC. The summed E-state index contributed by atoms with van der Waals surface area (Å²) in [7, 11) is 1.73. The van der Waals surface area contributed by atoms with Crippen LogP contribution in [-0.2, 0) is 4.74 Å². The molecular weight excluding hydrogens is 310 g/mol. The van der Waals surface area contributed by atoms with Gasteiger partial charge in [0.2, 0.25) is 0 Å². The monoisotopic (exact) mass is 339 g/mol. The van der Waals surface area contributed by atoms with Crippen LogP contribution in [0.3, 0.4) is 0 Å². The maximum atomic E-state index is 8.78. The minimum Gasteiger partial charge on any atom is -0.488 e. The molecule has 0 fully saturated rings. The number of rotatable bonds is 4. The van der Waals surface area contributed by atoms with E-state index in [1.54, 1.807) is 7.11 Å². The Morgan fingerprint density at radius 1 is 0.960 bits per heavy atom. The normalized spacial score (nSPS) is 11.7. The van der Waals surface area contributed by atoms with E-state index in [0.29, 0.717) is 11.7 Å². The second-order valence-corrected chi connectivity index (χ2v) is 6.88. The molecule has 0 radical (unpaired) electrons. The lowest BCUT2D eigenvalue weighted by Crippen LogP contribution is -2.22. The molecule has 0 saturated heterocycles. The van der Waals surface area contributed by atoms with Gasteiger partial charge in [0.25, 0.3) is 0 Å². The predicted molar refractivity (Wildman–Crippen MR) is 104 cm³/mol. The Labute approximate surface area is 152 Å². The van der Waals surface area contributed by atoms with Gasteiger partial charge in [0, 0.05) is 7.11 Å². The van der Waals surface area contributed by atoms with Gasteiger partial charge in [-0.15, -0.1) is 0 Å². The van der Waals surface area contributed by atoms with Gasteiger partial charge in [0.1, 0.15) is 11.4 Å². The van der Waals surface area contributed by atoms with Crippen molar-refractivity contribution in [1.29, 1.82) is 5.26 Å². The molecule has 0 spiro atoms. The number of nitrogens with zero attached hydrogens (tertiary/aromatic N) is 1. The Balaban J connectivity index is 0.000000450. The second kappa shape index (κ2) is 9.86. The van der Waals surface area contributed by atoms with Crippen LogP contribution in [0.4, 0.5) is 0 Å². The van der Waals surface area contributed by atoms with Crippen LogP contribution in [0, 0.1) is 11.3 Å². The van der Waals surface area contributed by atoms with E-state index >= 15 is 0 Å². The Morgan fingerprint density at radius 3 is 1.76 bits per heavy atom. The van der Waals surface area contributed by atoms with E-state index in [-0.39, 0.29) is 5.60 Å². The van der Waals surface area contributed by atoms with Crippen molar-refractivity contribution in [2.24, 2.45) is 0 Å². The fourth-order valence-electron chi connectivity index (χ4n) is 1.97. The maximum Gasteiger partial charge on any atom is 0.120 e. The first kappa shape index (κ1) is 20.7. The highest BCUT2D eigenvalue weighted by Gasteiger charge is 2.11. The number of methoxy groups -OCH3 is 1. The first-order valence-corrected chi connectivity index (χ1v) is 8.61. The van der Waals surface area contributed by atoms with Crippen LogP contribution in [0.25, 0.3) is 11.1 Å². The van der Waals surface area contributed by atoms with Crippen LogP contribution < -0.4 is 4.74 Å². The van der Waals surface area contributed by atoms with Gasteiger partial charge < -0.3 is 9.47 Å². The number of nitriles is 1. The summed E-state index contributed by atoms with van der Waals surface area (Å²) in [4.78, 5) is 0. The summed E-state index contributed by atoms with van der Waals surface area (Å²) >= 11 is 0. The molecule has 2 rings (SSSR count). The third-order valence-electron chi connectivity index (χ3n) is 3.60. The molecular formula is C22H29NO2. The number of hydrogen-bond donors (Lipinski definition) is 0. The molecule has 0 aliphatic rings. The standard InChI is InChI=1S/C17H17NO.C5H12O/c1-17(2,3)19-16-10-8-15(9-11-16)14-6-4-13(12-18)5-7-14;1-4-5(2)6-3/h4-11H,1-3H3;5H,4H2,1-3H3. The summed E-state index contributed by atoms with van der Waals surface area (Å²) in [6, 6.07) is 17.7. The van der Waals surface area contributed by atoms with E-state index in [1.807, 2.05) is 69.3 Å². The minimum absolute atomic E-state index is 0.185. The molecule has 25 heavy (non-hydrogen) atoms. The van der Waals surface area contributed by atoms with Crippen LogP contribution in [-0.4, -0.2) is 18.8 Å². The van der Waals surface area contributed by atoms with E-state index < -0.39 is 0 Å². The lowest BCUT2D eigenvalue weighted by molar-refractivity contribution is 0.115. The first-order valence-electron chi connectivity index (χ1n) is 8.61.